The van der Waals surface area contributed by atoms with Gasteiger partial charge in [0.2, 0.25) is 5.91 Å². The van der Waals surface area contributed by atoms with Crippen LogP contribution in [-0.2, 0) is 9.59 Å². The number of aryl methyl sites for hydroxylation is 1. The van der Waals surface area contributed by atoms with E-state index in [1.807, 2.05) is 62.4 Å². The Morgan fingerprint density at radius 1 is 1.10 bits per heavy atom. The lowest BCUT2D eigenvalue weighted by Crippen LogP contribution is -2.51. The van der Waals surface area contributed by atoms with E-state index in [0.29, 0.717) is 11.6 Å². The van der Waals surface area contributed by atoms with Gasteiger partial charge in [-0.25, -0.2) is 0 Å². The van der Waals surface area contributed by atoms with Crippen LogP contribution in [0.25, 0.3) is 0 Å². The molecule has 0 radical (unpaired) electrons. The maximum absolute atomic E-state index is 13.4. The molecule has 1 heterocycles. The van der Waals surface area contributed by atoms with E-state index in [4.69, 9.17) is 4.99 Å². The first-order valence-electron chi connectivity index (χ1n) is 10.7. The van der Waals surface area contributed by atoms with E-state index >= 15 is 0 Å². The Kier molecular flexibility index (Phi) is 5.46. The van der Waals surface area contributed by atoms with Crippen LogP contribution in [0.1, 0.15) is 49.3 Å². The van der Waals surface area contributed by atoms with Crippen molar-refractivity contribution in [2.24, 2.45) is 10.9 Å². The average molecular weight is 404 g/mol. The highest BCUT2D eigenvalue weighted by Gasteiger charge is 2.49. The van der Waals surface area contributed by atoms with Gasteiger partial charge in [-0.3, -0.25) is 14.6 Å². The maximum Gasteiger partial charge on any atom is 0.275 e. The van der Waals surface area contributed by atoms with Crippen molar-refractivity contribution in [1.29, 1.82) is 0 Å². The molecule has 1 aliphatic carbocycles. The zero-order valence-corrected chi connectivity index (χ0v) is 17.9. The minimum Gasteiger partial charge on any atom is -0.324 e. The summed E-state index contributed by atoms with van der Waals surface area (Å²) in [7, 11) is 0. The van der Waals surface area contributed by atoms with E-state index in [-0.39, 0.29) is 18.4 Å². The molecule has 0 unspecified atom stereocenters. The number of benzene rings is 2. The van der Waals surface area contributed by atoms with Crippen molar-refractivity contribution in [2.45, 2.75) is 52.1 Å². The molecule has 0 saturated heterocycles. The molecule has 1 saturated carbocycles. The molecule has 4 rings (SSSR count). The second-order valence-corrected chi connectivity index (χ2v) is 8.68. The van der Waals surface area contributed by atoms with Crippen LogP contribution in [0.4, 0.5) is 5.69 Å². The molecular formula is C25H29N3O2. The molecule has 0 bridgehead atoms. The van der Waals surface area contributed by atoms with Crippen LogP contribution in [0.2, 0.25) is 0 Å². The molecule has 2 aromatic carbocycles. The lowest BCUT2D eigenvalue weighted by molar-refractivity contribution is -0.134. The van der Waals surface area contributed by atoms with Gasteiger partial charge in [0, 0.05) is 11.3 Å². The summed E-state index contributed by atoms with van der Waals surface area (Å²) in [6, 6.07) is 15.4. The smallest absolute Gasteiger partial charge is 0.275 e. The van der Waals surface area contributed by atoms with Crippen LogP contribution in [0.3, 0.4) is 0 Å². The van der Waals surface area contributed by atoms with Crippen molar-refractivity contribution in [3.8, 4) is 0 Å². The SMILES string of the molecule is Cc1cccc(NC(=O)CN2C(=O)C(c3ccccc3)=NC23CCC(C)CC3)c1C. The molecule has 1 spiro atoms. The molecule has 2 amide bonds. The Morgan fingerprint density at radius 3 is 2.50 bits per heavy atom. The molecule has 30 heavy (non-hydrogen) atoms. The Morgan fingerprint density at radius 2 is 1.80 bits per heavy atom. The first-order chi connectivity index (χ1) is 14.4. The van der Waals surface area contributed by atoms with Crippen molar-refractivity contribution < 1.29 is 9.59 Å². The van der Waals surface area contributed by atoms with Crippen molar-refractivity contribution in [2.75, 3.05) is 11.9 Å². The molecule has 156 valence electrons. The van der Waals surface area contributed by atoms with Crippen molar-refractivity contribution in [3.05, 3.63) is 65.2 Å². The predicted octanol–water partition coefficient (Wildman–Crippen LogP) is 4.48. The fraction of sp³-hybridized carbons (Fsp3) is 0.400. The Balaban J connectivity index is 1.60. The Bertz CT molecular complexity index is 989. The Labute approximate surface area is 178 Å². The summed E-state index contributed by atoms with van der Waals surface area (Å²) in [5.74, 6) is 0.291. The molecule has 1 N–H and O–H groups in total. The van der Waals surface area contributed by atoms with E-state index in [1.165, 1.54) is 0 Å². The molecule has 0 atom stereocenters. The third-order valence-electron chi connectivity index (χ3n) is 6.57. The number of hydrogen-bond donors (Lipinski definition) is 1. The number of nitrogens with one attached hydrogen (secondary N) is 1. The van der Waals surface area contributed by atoms with Gasteiger partial charge in [0.15, 0.2) is 0 Å². The summed E-state index contributed by atoms with van der Waals surface area (Å²) in [6.45, 7) is 6.27. The van der Waals surface area contributed by atoms with Gasteiger partial charge in [-0.1, -0.05) is 49.4 Å². The monoisotopic (exact) mass is 403 g/mol. The van der Waals surface area contributed by atoms with Crippen LogP contribution in [0, 0.1) is 19.8 Å². The number of carbonyl (C=O) groups excluding carboxylic acids is 2. The second kappa shape index (κ2) is 8.05. The molecular weight excluding hydrogens is 374 g/mol. The molecule has 1 fully saturated rings. The van der Waals surface area contributed by atoms with Crippen LogP contribution in [0.5, 0.6) is 0 Å². The van der Waals surface area contributed by atoms with E-state index < -0.39 is 5.66 Å². The van der Waals surface area contributed by atoms with Gasteiger partial charge in [-0.15, -0.1) is 0 Å². The van der Waals surface area contributed by atoms with E-state index in [0.717, 1.165) is 48.1 Å². The van der Waals surface area contributed by atoms with E-state index in [1.54, 1.807) is 4.90 Å². The number of aliphatic imine (C=N–C) groups is 1. The van der Waals surface area contributed by atoms with Gasteiger partial charge < -0.3 is 10.2 Å². The summed E-state index contributed by atoms with van der Waals surface area (Å²) in [4.78, 5) is 33.0. The Hall–Kier alpha value is -2.95. The largest absolute Gasteiger partial charge is 0.324 e. The maximum atomic E-state index is 13.4. The first-order valence-corrected chi connectivity index (χ1v) is 10.7. The highest BCUT2D eigenvalue weighted by Crippen LogP contribution is 2.41. The lowest BCUT2D eigenvalue weighted by atomic mass is 9.82. The number of amides is 2. The fourth-order valence-electron chi connectivity index (χ4n) is 4.46. The van der Waals surface area contributed by atoms with Crippen LogP contribution in [-0.4, -0.2) is 34.6 Å². The normalized spacial score (nSPS) is 23.6. The van der Waals surface area contributed by atoms with E-state index in [9.17, 15) is 9.59 Å². The number of anilines is 1. The quantitative estimate of drug-likeness (QED) is 0.818. The molecule has 2 aromatic rings. The van der Waals surface area contributed by atoms with Gasteiger partial charge in [0.25, 0.3) is 5.91 Å². The third-order valence-corrected chi connectivity index (χ3v) is 6.57. The summed E-state index contributed by atoms with van der Waals surface area (Å²) in [5, 5.41) is 3.00. The van der Waals surface area contributed by atoms with Crippen molar-refractivity contribution >= 4 is 23.2 Å². The number of carbonyl (C=O) groups is 2. The summed E-state index contributed by atoms with van der Waals surface area (Å²) < 4.78 is 0. The van der Waals surface area contributed by atoms with Crippen LogP contribution < -0.4 is 5.32 Å². The summed E-state index contributed by atoms with van der Waals surface area (Å²) in [5.41, 5.74) is 3.65. The first kappa shape index (κ1) is 20.3. The summed E-state index contributed by atoms with van der Waals surface area (Å²) >= 11 is 0. The number of rotatable bonds is 4. The van der Waals surface area contributed by atoms with Crippen molar-refractivity contribution in [1.82, 2.24) is 4.90 Å². The average Bonchev–Trinajstić information content (AvgIpc) is 3.00. The minimum absolute atomic E-state index is 0.0143. The molecule has 1 aliphatic heterocycles. The fourth-order valence-corrected chi connectivity index (χ4v) is 4.46. The standard InChI is InChI=1S/C25H29N3O2/c1-17-12-14-25(15-13-17)27-23(20-9-5-4-6-10-20)24(30)28(25)16-22(29)26-21-11-7-8-18(2)19(21)3/h4-11,17H,12-16H2,1-3H3,(H,26,29). The van der Waals surface area contributed by atoms with Gasteiger partial charge in [0.05, 0.1) is 0 Å². The molecule has 5 heteroatoms. The molecule has 5 nitrogen and oxygen atoms in total. The summed E-state index contributed by atoms with van der Waals surface area (Å²) in [6.07, 6.45) is 3.61. The zero-order valence-electron chi connectivity index (χ0n) is 17.9. The number of nitrogens with zero attached hydrogens (tertiary/aromatic N) is 2. The lowest BCUT2D eigenvalue weighted by Gasteiger charge is -2.40. The highest BCUT2D eigenvalue weighted by molar-refractivity contribution is 6.47. The van der Waals surface area contributed by atoms with E-state index in [2.05, 4.69) is 12.2 Å². The number of hydrogen-bond acceptors (Lipinski definition) is 3. The van der Waals surface area contributed by atoms with Gasteiger partial charge in [-0.05, 0) is 62.6 Å². The second-order valence-electron chi connectivity index (χ2n) is 8.68. The molecule has 0 aromatic heterocycles. The van der Waals surface area contributed by atoms with Crippen LogP contribution >= 0.6 is 0 Å². The van der Waals surface area contributed by atoms with Gasteiger partial charge in [0.1, 0.15) is 17.9 Å². The van der Waals surface area contributed by atoms with Gasteiger partial charge in [-0.2, -0.15) is 0 Å². The molecule has 2 aliphatic rings. The predicted molar refractivity (Wildman–Crippen MR) is 120 cm³/mol. The van der Waals surface area contributed by atoms with Crippen LogP contribution in [0.15, 0.2) is 53.5 Å². The third kappa shape index (κ3) is 3.76. The van der Waals surface area contributed by atoms with Crippen molar-refractivity contribution in [3.63, 3.8) is 0 Å². The highest BCUT2D eigenvalue weighted by atomic mass is 16.2. The van der Waals surface area contributed by atoms with Gasteiger partial charge >= 0.3 is 0 Å². The zero-order chi connectivity index (χ0) is 21.3. The minimum atomic E-state index is -0.603. The topological polar surface area (TPSA) is 61.8 Å².